The molecule has 0 bridgehead atoms. The fraction of sp³-hybridized carbons (Fsp3) is 0.381. The van der Waals surface area contributed by atoms with E-state index in [1.807, 2.05) is 54.4 Å². The maximum atomic E-state index is 13.0. The first kappa shape index (κ1) is 16.0. The van der Waals surface area contributed by atoms with Crippen molar-refractivity contribution >= 4 is 5.91 Å². The Balaban J connectivity index is 1.52. The molecule has 0 saturated heterocycles. The third-order valence-electron chi connectivity index (χ3n) is 5.58. The molecule has 2 aliphatic rings. The highest BCUT2D eigenvalue weighted by Crippen LogP contribution is 2.61. The Morgan fingerprint density at radius 3 is 2.84 bits per heavy atom. The zero-order valence-electron chi connectivity index (χ0n) is 14.7. The number of methoxy groups -OCH3 is 1. The summed E-state index contributed by atoms with van der Waals surface area (Å²) in [5.74, 6) is 2.03. The van der Waals surface area contributed by atoms with Crippen molar-refractivity contribution in [2.75, 3.05) is 20.8 Å². The average Bonchev–Trinajstić information content (AvgIpc) is 3.36. The topological polar surface area (TPSA) is 38.8 Å². The molecule has 2 aromatic carbocycles. The van der Waals surface area contributed by atoms with Crippen molar-refractivity contribution in [1.82, 2.24) is 4.90 Å². The van der Waals surface area contributed by atoms with Gasteiger partial charge in [0.15, 0.2) is 0 Å². The molecular weight excluding hydrogens is 314 g/mol. The van der Waals surface area contributed by atoms with Crippen LogP contribution in [0.25, 0.3) is 0 Å². The first-order chi connectivity index (χ1) is 12.2. The van der Waals surface area contributed by atoms with Crippen LogP contribution in [0.2, 0.25) is 0 Å². The van der Waals surface area contributed by atoms with Crippen LogP contribution >= 0.6 is 0 Å². The SMILES string of the molecule is COc1ccccc1CN(C)C(=O)[C@@H]1C[C@]12CCOc1ccccc12. The second kappa shape index (κ2) is 6.10. The largest absolute Gasteiger partial charge is 0.496 e. The van der Waals surface area contributed by atoms with Gasteiger partial charge in [0, 0.05) is 36.1 Å². The monoisotopic (exact) mass is 337 g/mol. The number of benzene rings is 2. The number of nitrogens with zero attached hydrogens (tertiary/aromatic N) is 1. The highest BCUT2D eigenvalue weighted by molar-refractivity contribution is 5.84. The third kappa shape index (κ3) is 2.66. The van der Waals surface area contributed by atoms with Crippen LogP contribution in [-0.2, 0) is 16.8 Å². The van der Waals surface area contributed by atoms with Gasteiger partial charge in [-0.05, 0) is 25.0 Å². The summed E-state index contributed by atoms with van der Waals surface area (Å²) in [5, 5.41) is 0. The summed E-state index contributed by atoms with van der Waals surface area (Å²) >= 11 is 0. The van der Waals surface area contributed by atoms with E-state index < -0.39 is 0 Å². The van der Waals surface area contributed by atoms with E-state index in [-0.39, 0.29) is 17.2 Å². The van der Waals surface area contributed by atoms with Crippen molar-refractivity contribution in [3.05, 3.63) is 59.7 Å². The second-order valence-electron chi connectivity index (χ2n) is 7.01. The molecule has 1 fully saturated rings. The lowest BCUT2D eigenvalue weighted by molar-refractivity contribution is -0.132. The van der Waals surface area contributed by atoms with Crippen LogP contribution in [0.1, 0.15) is 24.0 Å². The summed E-state index contributed by atoms with van der Waals surface area (Å²) < 4.78 is 11.2. The summed E-state index contributed by atoms with van der Waals surface area (Å²) in [5.41, 5.74) is 2.20. The second-order valence-corrected chi connectivity index (χ2v) is 7.01. The van der Waals surface area contributed by atoms with Crippen LogP contribution in [0, 0.1) is 5.92 Å². The number of fused-ring (bicyclic) bond motifs is 2. The molecule has 4 heteroatoms. The van der Waals surface area contributed by atoms with Crippen LogP contribution in [0.15, 0.2) is 48.5 Å². The van der Waals surface area contributed by atoms with Crippen molar-refractivity contribution in [3.63, 3.8) is 0 Å². The first-order valence-corrected chi connectivity index (χ1v) is 8.75. The Morgan fingerprint density at radius 1 is 1.24 bits per heavy atom. The molecule has 1 saturated carbocycles. The number of hydrogen-bond donors (Lipinski definition) is 0. The molecule has 0 N–H and O–H groups in total. The van der Waals surface area contributed by atoms with E-state index in [9.17, 15) is 4.79 Å². The van der Waals surface area contributed by atoms with Gasteiger partial charge < -0.3 is 14.4 Å². The van der Waals surface area contributed by atoms with E-state index in [0.29, 0.717) is 13.2 Å². The fourth-order valence-corrected chi connectivity index (χ4v) is 4.12. The molecule has 1 aliphatic carbocycles. The van der Waals surface area contributed by atoms with Crippen molar-refractivity contribution in [2.45, 2.75) is 24.8 Å². The molecular formula is C21H23NO3. The molecule has 130 valence electrons. The normalized spacial score (nSPS) is 23.5. The lowest BCUT2D eigenvalue weighted by Crippen LogP contribution is -2.32. The summed E-state index contributed by atoms with van der Waals surface area (Å²) in [6, 6.07) is 16.0. The molecule has 1 aliphatic heterocycles. The van der Waals surface area contributed by atoms with Gasteiger partial charge in [-0.2, -0.15) is 0 Å². The Kier molecular flexibility index (Phi) is 3.91. The molecule has 4 nitrogen and oxygen atoms in total. The van der Waals surface area contributed by atoms with Crippen LogP contribution in [0.5, 0.6) is 11.5 Å². The highest BCUT2D eigenvalue weighted by Gasteiger charge is 2.61. The molecule has 1 heterocycles. The number of hydrogen-bond acceptors (Lipinski definition) is 3. The van der Waals surface area contributed by atoms with Gasteiger partial charge in [-0.1, -0.05) is 36.4 Å². The maximum absolute atomic E-state index is 13.0. The Hall–Kier alpha value is -2.49. The Labute approximate surface area is 148 Å². The van der Waals surface area contributed by atoms with Gasteiger partial charge in [-0.15, -0.1) is 0 Å². The van der Waals surface area contributed by atoms with E-state index in [0.717, 1.165) is 29.9 Å². The standard InChI is InChI=1S/C21H23NO3/c1-22(14-15-7-3-5-9-18(15)24-2)20(23)17-13-21(17)11-12-25-19-10-6-4-8-16(19)21/h3-10,17H,11-14H2,1-2H3/t17-,21-/m0/s1. The third-order valence-corrected chi connectivity index (χ3v) is 5.58. The number of amides is 1. The van der Waals surface area contributed by atoms with Crippen LogP contribution < -0.4 is 9.47 Å². The van der Waals surface area contributed by atoms with Crippen molar-refractivity contribution in [2.24, 2.45) is 5.92 Å². The first-order valence-electron chi connectivity index (χ1n) is 8.75. The van der Waals surface area contributed by atoms with E-state index in [4.69, 9.17) is 9.47 Å². The van der Waals surface area contributed by atoms with Crippen LogP contribution in [0.3, 0.4) is 0 Å². The van der Waals surface area contributed by atoms with Gasteiger partial charge in [0.05, 0.1) is 13.7 Å². The van der Waals surface area contributed by atoms with E-state index in [1.165, 1.54) is 5.56 Å². The number of ether oxygens (including phenoxy) is 2. The molecule has 0 radical (unpaired) electrons. The fourth-order valence-electron chi connectivity index (χ4n) is 4.12. The zero-order valence-corrected chi connectivity index (χ0v) is 14.7. The molecule has 1 spiro atoms. The number of rotatable bonds is 4. The molecule has 25 heavy (non-hydrogen) atoms. The Morgan fingerprint density at radius 2 is 2.00 bits per heavy atom. The highest BCUT2D eigenvalue weighted by atomic mass is 16.5. The summed E-state index contributed by atoms with van der Waals surface area (Å²) in [6.45, 7) is 1.25. The minimum Gasteiger partial charge on any atom is -0.496 e. The lowest BCUT2D eigenvalue weighted by Gasteiger charge is -2.28. The minimum atomic E-state index is -0.0268. The molecule has 1 amide bonds. The summed E-state index contributed by atoms with van der Waals surface area (Å²) in [6.07, 6.45) is 1.84. The van der Waals surface area contributed by atoms with Crippen LogP contribution in [0.4, 0.5) is 0 Å². The van der Waals surface area contributed by atoms with Crippen molar-refractivity contribution in [1.29, 1.82) is 0 Å². The number of carbonyl (C=O) groups is 1. The average molecular weight is 337 g/mol. The van der Waals surface area contributed by atoms with Gasteiger partial charge in [-0.3, -0.25) is 4.79 Å². The maximum Gasteiger partial charge on any atom is 0.226 e. The lowest BCUT2D eigenvalue weighted by atomic mass is 9.87. The Bertz CT molecular complexity index is 803. The number of carbonyl (C=O) groups excluding carboxylic acids is 1. The summed E-state index contributed by atoms with van der Waals surface area (Å²) in [7, 11) is 3.54. The molecule has 0 unspecified atom stereocenters. The van der Waals surface area contributed by atoms with Gasteiger partial charge in [0.1, 0.15) is 11.5 Å². The van der Waals surface area contributed by atoms with Crippen LogP contribution in [-0.4, -0.2) is 31.6 Å². The zero-order chi connectivity index (χ0) is 17.4. The van der Waals surface area contributed by atoms with E-state index >= 15 is 0 Å². The smallest absolute Gasteiger partial charge is 0.226 e. The van der Waals surface area contributed by atoms with Gasteiger partial charge in [-0.25, -0.2) is 0 Å². The predicted octanol–water partition coefficient (Wildman–Crippen LogP) is 3.39. The van der Waals surface area contributed by atoms with Gasteiger partial charge in [0.25, 0.3) is 0 Å². The molecule has 0 aromatic heterocycles. The number of para-hydroxylation sites is 2. The van der Waals surface area contributed by atoms with Gasteiger partial charge in [0.2, 0.25) is 5.91 Å². The van der Waals surface area contributed by atoms with E-state index in [2.05, 4.69) is 6.07 Å². The minimum absolute atomic E-state index is 0.0268. The summed E-state index contributed by atoms with van der Waals surface area (Å²) in [4.78, 5) is 14.9. The predicted molar refractivity (Wildman–Crippen MR) is 95.8 cm³/mol. The molecule has 4 rings (SSSR count). The van der Waals surface area contributed by atoms with Crippen molar-refractivity contribution < 1.29 is 14.3 Å². The molecule has 2 aromatic rings. The molecule has 2 atom stereocenters. The van der Waals surface area contributed by atoms with E-state index in [1.54, 1.807) is 7.11 Å². The van der Waals surface area contributed by atoms with Gasteiger partial charge >= 0.3 is 0 Å². The van der Waals surface area contributed by atoms with Crippen molar-refractivity contribution in [3.8, 4) is 11.5 Å². The quantitative estimate of drug-likeness (QED) is 0.858.